The highest BCUT2D eigenvalue weighted by Gasteiger charge is 2.35. The lowest BCUT2D eigenvalue weighted by Crippen LogP contribution is -2.39. The Labute approximate surface area is 135 Å². The minimum atomic E-state index is -1.11. The number of carbonyl (C=O) groups is 3. The first-order valence-corrected chi connectivity index (χ1v) is 7.72. The normalized spacial score (nSPS) is 18.8. The minimum absolute atomic E-state index is 0.0636. The molecule has 0 saturated carbocycles. The summed E-state index contributed by atoms with van der Waals surface area (Å²) in [5.41, 5.74) is 2.39. The van der Waals surface area contributed by atoms with E-state index in [-0.39, 0.29) is 18.2 Å². The highest BCUT2D eigenvalue weighted by molar-refractivity contribution is 5.91. The average Bonchev–Trinajstić information content (AvgIpc) is 2.88. The van der Waals surface area contributed by atoms with Gasteiger partial charge in [0.25, 0.3) is 0 Å². The number of benzene rings is 1. The van der Waals surface area contributed by atoms with Crippen LogP contribution < -0.4 is 5.32 Å². The standard InChI is InChI=1S/C17H22N2O4/c1-4-19-9-12(8-14(19)20)16(21)18-15(17(22)23)13-7-5-6-10(2)11(13)3/h5-7,12,15H,4,8-9H2,1-3H3,(H,18,21)(H,22,23). The summed E-state index contributed by atoms with van der Waals surface area (Å²) in [5.74, 6) is -2.05. The van der Waals surface area contributed by atoms with Crippen LogP contribution in [0.3, 0.4) is 0 Å². The van der Waals surface area contributed by atoms with Gasteiger partial charge < -0.3 is 15.3 Å². The Kier molecular flexibility index (Phi) is 5.03. The number of likely N-dealkylation sites (tertiary alicyclic amines) is 1. The van der Waals surface area contributed by atoms with Crippen LogP contribution in [0.2, 0.25) is 0 Å². The van der Waals surface area contributed by atoms with Crippen molar-refractivity contribution < 1.29 is 19.5 Å². The van der Waals surface area contributed by atoms with Gasteiger partial charge in [-0.25, -0.2) is 4.79 Å². The molecule has 2 amide bonds. The third kappa shape index (κ3) is 3.52. The third-order valence-corrected chi connectivity index (χ3v) is 4.46. The molecule has 6 nitrogen and oxygen atoms in total. The molecule has 0 spiro atoms. The van der Waals surface area contributed by atoms with Crippen LogP contribution >= 0.6 is 0 Å². The van der Waals surface area contributed by atoms with E-state index in [0.717, 1.165) is 11.1 Å². The Morgan fingerprint density at radius 3 is 2.65 bits per heavy atom. The molecule has 0 aromatic heterocycles. The lowest BCUT2D eigenvalue weighted by Gasteiger charge is -2.20. The van der Waals surface area contributed by atoms with Crippen molar-refractivity contribution in [1.82, 2.24) is 10.2 Å². The summed E-state index contributed by atoms with van der Waals surface area (Å²) in [7, 11) is 0. The van der Waals surface area contributed by atoms with E-state index in [9.17, 15) is 19.5 Å². The summed E-state index contributed by atoms with van der Waals surface area (Å²) >= 11 is 0. The smallest absolute Gasteiger partial charge is 0.330 e. The molecule has 1 aromatic carbocycles. The third-order valence-electron chi connectivity index (χ3n) is 4.46. The number of carboxylic acids is 1. The predicted molar refractivity (Wildman–Crippen MR) is 84.8 cm³/mol. The molecule has 0 radical (unpaired) electrons. The van der Waals surface area contributed by atoms with Gasteiger partial charge in [-0.05, 0) is 37.5 Å². The van der Waals surface area contributed by atoms with Crippen LogP contribution in [0.4, 0.5) is 0 Å². The van der Waals surface area contributed by atoms with E-state index >= 15 is 0 Å². The zero-order valence-electron chi connectivity index (χ0n) is 13.6. The maximum Gasteiger partial charge on any atom is 0.330 e. The van der Waals surface area contributed by atoms with Crippen LogP contribution in [0, 0.1) is 19.8 Å². The van der Waals surface area contributed by atoms with Crippen molar-refractivity contribution >= 4 is 17.8 Å². The Hall–Kier alpha value is -2.37. The number of amides is 2. The second-order valence-electron chi connectivity index (χ2n) is 5.90. The zero-order chi connectivity index (χ0) is 17.1. The maximum absolute atomic E-state index is 12.4. The average molecular weight is 318 g/mol. The molecule has 2 N–H and O–H groups in total. The number of carboxylic acid groups (broad SMARTS) is 1. The number of rotatable bonds is 5. The number of aliphatic carboxylic acids is 1. The molecule has 2 atom stereocenters. The van der Waals surface area contributed by atoms with Gasteiger partial charge in [0.1, 0.15) is 0 Å². The molecule has 23 heavy (non-hydrogen) atoms. The molecular formula is C17H22N2O4. The highest BCUT2D eigenvalue weighted by Crippen LogP contribution is 2.23. The molecule has 6 heteroatoms. The van der Waals surface area contributed by atoms with Gasteiger partial charge >= 0.3 is 5.97 Å². The van der Waals surface area contributed by atoms with E-state index in [0.29, 0.717) is 18.7 Å². The van der Waals surface area contributed by atoms with Gasteiger partial charge in [-0.15, -0.1) is 0 Å². The van der Waals surface area contributed by atoms with E-state index in [4.69, 9.17) is 0 Å². The Bertz CT molecular complexity index is 641. The molecule has 1 fully saturated rings. The van der Waals surface area contributed by atoms with Crippen LogP contribution in [0.15, 0.2) is 18.2 Å². The molecule has 1 saturated heterocycles. The maximum atomic E-state index is 12.4. The molecule has 2 unspecified atom stereocenters. The second kappa shape index (κ2) is 6.81. The molecule has 2 rings (SSSR count). The van der Waals surface area contributed by atoms with Crippen molar-refractivity contribution in [3.8, 4) is 0 Å². The van der Waals surface area contributed by atoms with Crippen LogP contribution in [0.1, 0.15) is 36.1 Å². The van der Waals surface area contributed by atoms with E-state index in [2.05, 4.69) is 5.32 Å². The van der Waals surface area contributed by atoms with Gasteiger partial charge in [-0.1, -0.05) is 18.2 Å². The summed E-state index contributed by atoms with van der Waals surface area (Å²) in [6.07, 6.45) is 0.138. The molecule has 0 aliphatic carbocycles. The Morgan fingerprint density at radius 1 is 1.39 bits per heavy atom. The number of nitrogens with one attached hydrogen (secondary N) is 1. The first-order chi connectivity index (χ1) is 10.8. The van der Waals surface area contributed by atoms with E-state index < -0.39 is 17.9 Å². The summed E-state index contributed by atoms with van der Waals surface area (Å²) in [4.78, 5) is 37.3. The molecule has 1 aliphatic rings. The zero-order valence-corrected chi connectivity index (χ0v) is 13.6. The predicted octanol–water partition coefficient (Wildman–Crippen LogP) is 1.41. The Balaban J connectivity index is 2.17. The minimum Gasteiger partial charge on any atom is -0.479 e. The van der Waals surface area contributed by atoms with Gasteiger partial charge in [0.15, 0.2) is 6.04 Å². The van der Waals surface area contributed by atoms with Crippen LogP contribution in [0.25, 0.3) is 0 Å². The SMILES string of the molecule is CCN1CC(C(=O)NC(C(=O)O)c2cccc(C)c2C)CC1=O. The first kappa shape index (κ1) is 17.0. The van der Waals surface area contributed by atoms with Gasteiger partial charge in [0.05, 0.1) is 5.92 Å². The van der Waals surface area contributed by atoms with Crippen LogP contribution in [-0.4, -0.2) is 40.9 Å². The number of hydrogen-bond acceptors (Lipinski definition) is 3. The van der Waals surface area contributed by atoms with Gasteiger partial charge in [-0.2, -0.15) is 0 Å². The Morgan fingerprint density at radius 2 is 2.09 bits per heavy atom. The number of carbonyl (C=O) groups excluding carboxylic acids is 2. The molecule has 1 aliphatic heterocycles. The molecular weight excluding hydrogens is 296 g/mol. The fraction of sp³-hybridized carbons (Fsp3) is 0.471. The largest absolute Gasteiger partial charge is 0.479 e. The molecule has 124 valence electrons. The van der Waals surface area contributed by atoms with E-state index in [1.807, 2.05) is 26.8 Å². The lowest BCUT2D eigenvalue weighted by atomic mass is 9.96. The van der Waals surface area contributed by atoms with Crippen molar-refractivity contribution in [3.05, 3.63) is 34.9 Å². The summed E-state index contributed by atoms with van der Waals surface area (Å²) in [5, 5.41) is 12.1. The van der Waals surface area contributed by atoms with Crippen molar-refractivity contribution in [2.45, 2.75) is 33.2 Å². The molecule has 0 bridgehead atoms. The van der Waals surface area contributed by atoms with Crippen molar-refractivity contribution in [2.75, 3.05) is 13.1 Å². The van der Waals surface area contributed by atoms with Gasteiger partial charge in [0, 0.05) is 19.5 Å². The topological polar surface area (TPSA) is 86.7 Å². The summed E-state index contributed by atoms with van der Waals surface area (Å²) in [6.45, 7) is 6.50. The second-order valence-corrected chi connectivity index (χ2v) is 5.90. The van der Waals surface area contributed by atoms with Crippen LogP contribution in [-0.2, 0) is 14.4 Å². The van der Waals surface area contributed by atoms with Gasteiger partial charge in [-0.3, -0.25) is 9.59 Å². The van der Waals surface area contributed by atoms with Crippen LogP contribution in [0.5, 0.6) is 0 Å². The number of nitrogens with zero attached hydrogens (tertiary/aromatic N) is 1. The lowest BCUT2D eigenvalue weighted by molar-refractivity contribution is -0.142. The quantitative estimate of drug-likeness (QED) is 0.859. The van der Waals surface area contributed by atoms with E-state index in [1.54, 1.807) is 17.0 Å². The van der Waals surface area contributed by atoms with Crippen molar-refractivity contribution in [2.24, 2.45) is 5.92 Å². The summed E-state index contributed by atoms with van der Waals surface area (Å²) < 4.78 is 0. The number of hydrogen-bond donors (Lipinski definition) is 2. The van der Waals surface area contributed by atoms with Crippen molar-refractivity contribution in [3.63, 3.8) is 0 Å². The monoisotopic (exact) mass is 318 g/mol. The summed E-state index contributed by atoms with van der Waals surface area (Å²) in [6, 6.07) is 4.28. The highest BCUT2D eigenvalue weighted by atomic mass is 16.4. The van der Waals surface area contributed by atoms with Crippen molar-refractivity contribution in [1.29, 1.82) is 0 Å². The van der Waals surface area contributed by atoms with E-state index in [1.165, 1.54) is 0 Å². The first-order valence-electron chi connectivity index (χ1n) is 7.72. The molecule has 1 aromatic rings. The number of aryl methyl sites for hydroxylation is 1. The van der Waals surface area contributed by atoms with Gasteiger partial charge in [0.2, 0.25) is 11.8 Å². The molecule has 1 heterocycles. The fourth-order valence-corrected chi connectivity index (χ4v) is 2.87. The fourth-order valence-electron chi connectivity index (χ4n) is 2.87.